The van der Waals surface area contributed by atoms with E-state index in [1.54, 1.807) is 0 Å². The van der Waals surface area contributed by atoms with E-state index in [4.69, 9.17) is 14.6 Å². The molecular formula is C15H24O3. The zero-order valence-electron chi connectivity index (χ0n) is 11.2. The van der Waals surface area contributed by atoms with Gasteiger partial charge in [-0.15, -0.1) is 0 Å². The molecule has 1 rings (SSSR count). The molecule has 102 valence electrons. The predicted octanol–water partition coefficient (Wildman–Crippen LogP) is 4.13. The highest BCUT2D eigenvalue weighted by atomic mass is 16.5. The molecular weight excluding hydrogens is 228 g/mol. The number of carbonyl (C=O) groups is 1. The number of para-hydroxylation sites is 1. The van der Waals surface area contributed by atoms with Gasteiger partial charge in [-0.1, -0.05) is 57.2 Å². The SMILES string of the molecule is CCCCCCCCOc1ccccc1.O=CO. The fourth-order valence-electron chi connectivity index (χ4n) is 1.59. The molecule has 1 N–H and O–H groups in total. The second-order valence-electron chi connectivity index (χ2n) is 4.03. The Kier molecular flexibility index (Phi) is 12.4. The normalized spacial score (nSPS) is 9.17. The fourth-order valence-corrected chi connectivity index (χ4v) is 1.59. The van der Waals surface area contributed by atoms with Crippen molar-refractivity contribution in [2.75, 3.05) is 6.61 Å². The number of benzene rings is 1. The van der Waals surface area contributed by atoms with Gasteiger partial charge in [0.05, 0.1) is 6.61 Å². The predicted molar refractivity (Wildman–Crippen MR) is 74.0 cm³/mol. The van der Waals surface area contributed by atoms with E-state index in [0.29, 0.717) is 0 Å². The quantitative estimate of drug-likeness (QED) is 0.559. The zero-order chi connectivity index (χ0) is 13.5. The van der Waals surface area contributed by atoms with Gasteiger partial charge >= 0.3 is 0 Å². The average Bonchev–Trinajstić information content (AvgIpc) is 2.40. The fraction of sp³-hybridized carbons (Fsp3) is 0.533. The second-order valence-corrected chi connectivity index (χ2v) is 4.03. The van der Waals surface area contributed by atoms with Crippen LogP contribution in [0, 0.1) is 0 Å². The van der Waals surface area contributed by atoms with Crippen molar-refractivity contribution in [3.63, 3.8) is 0 Å². The molecule has 0 aliphatic heterocycles. The van der Waals surface area contributed by atoms with Crippen LogP contribution < -0.4 is 4.74 Å². The molecule has 0 heterocycles. The topological polar surface area (TPSA) is 46.5 Å². The molecule has 0 saturated heterocycles. The maximum absolute atomic E-state index is 8.36. The van der Waals surface area contributed by atoms with Gasteiger partial charge in [0.1, 0.15) is 5.75 Å². The molecule has 1 aromatic carbocycles. The molecule has 1 aromatic rings. The molecule has 0 saturated carbocycles. The van der Waals surface area contributed by atoms with Crippen molar-refractivity contribution in [2.45, 2.75) is 45.4 Å². The standard InChI is InChI=1S/C14H22O.CH2O2/c1-2-3-4-5-6-10-13-15-14-11-8-7-9-12-14;2-1-3/h7-9,11-12H,2-6,10,13H2,1H3;1H,(H,2,3). The minimum absolute atomic E-state index is 0.250. The third-order valence-electron chi connectivity index (χ3n) is 2.51. The Hall–Kier alpha value is -1.51. The van der Waals surface area contributed by atoms with Crippen molar-refractivity contribution in [2.24, 2.45) is 0 Å². The van der Waals surface area contributed by atoms with Gasteiger partial charge in [0.25, 0.3) is 6.47 Å². The third kappa shape index (κ3) is 11.0. The summed E-state index contributed by atoms with van der Waals surface area (Å²) in [5.41, 5.74) is 0. The number of ether oxygens (including phenoxy) is 1. The van der Waals surface area contributed by atoms with Crippen LogP contribution in [-0.2, 0) is 4.79 Å². The van der Waals surface area contributed by atoms with Gasteiger partial charge in [0.2, 0.25) is 0 Å². The first-order chi connectivity index (χ1) is 8.85. The third-order valence-corrected chi connectivity index (χ3v) is 2.51. The summed E-state index contributed by atoms with van der Waals surface area (Å²) in [6.45, 7) is 2.86. The van der Waals surface area contributed by atoms with E-state index in [1.165, 1.54) is 38.5 Å². The molecule has 3 nitrogen and oxygen atoms in total. The number of carboxylic acid groups (broad SMARTS) is 1. The van der Waals surface area contributed by atoms with Crippen molar-refractivity contribution in [1.29, 1.82) is 0 Å². The summed E-state index contributed by atoms with van der Waals surface area (Å²) in [5, 5.41) is 6.89. The Morgan fingerprint density at radius 2 is 1.61 bits per heavy atom. The lowest BCUT2D eigenvalue weighted by molar-refractivity contribution is -0.122. The van der Waals surface area contributed by atoms with Crippen molar-refractivity contribution in [3.05, 3.63) is 30.3 Å². The Bertz CT molecular complexity index is 272. The average molecular weight is 252 g/mol. The smallest absolute Gasteiger partial charge is 0.290 e. The van der Waals surface area contributed by atoms with E-state index < -0.39 is 0 Å². The van der Waals surface area contributed by atoms with Crippen LogP contribution in [0.2, 0.25) is 0 Å². The Labute approximate surface area is 110 Å². The summed E-state index contributed by atoms with van der Waals surface area (Å²) < 4.78 is 5.61. The molecule has 0 unspecified atom stereocenters. The molecule has 0 spiro atoms. The van der Waals surface area contributed by atoms with Crippen LogP contribution in [0.25, 0.3) is 0 Å². The maximum atomic E-state index is 8.36. The Balaban J connectivity index is 0.000000873. The van der Waals surface area contributed by atoms with E-state index in [1.807, 2.05) is 30.3 Å². The van der Waals surface area contributed by atoms with Crippen LogP contribution in [0.15, 0.2) is 30.3 Å². The van der Waals surface area contributed by atoms with Gasteiger partial charge in [0.15, 0.2) is 0 Å². The summed E-state index contributed by atoms with van der Waals surface area (Å²) >= 11 is 0. The molecule has 0 radical (unpaired) electrons. The zero-order valence-corrected chi connectivity index (χ0v) is 11.2. The minimum atomic E-state index is -0.250. The molecule has 0 bridgehead atoms. The van der Waals surface area contributed by atoms with Crippen LogP contribution in [0.4, 0.5) is 0 Å². The van der Waals surface area contributed by atoms with Gasteiger partial charge in [-0.05, 0) is 18.6 Å². The van der Waals surface area contributed by atoms with Crippen molar-refractivity contribution in [3.8, 4) is 5.75 Å². The molecule has 0 aliphatic rings. The highest BCUT2D eigenvalue weighted by Gasteiger charge is 1.92. The largest absolute Gasteiger partial charge is 0.494 e. The maximum Gasteiger partial charge on any atom is 0.290 e. The van der Waals surface area contributed by atoms with Crippen molar-refractivity contribution < 1.29 is 14.6 Å². The highest BCUT2D eigenvalue weighted by Crippen LogP contribution is 2.10. The van der Waals surface area contributed by atoms with Crippen LogP contribution in [0.1, 0.15) is 45.4 Å². The van der Waals surface area contributed by atoms with Crippen molar-refractivity contribution in [1.82, 2.24) is 0 Å². The molecule has 0 amide bonds. The van der Waals surface area contributed by atoms with Gasteiger partial charge in [-0.2, -0.15) is 0 Å². The number of hydrogen-bond donors (Lipinski definition) is 1. The van der Waals surface area contributed by atoms with Crippen LogP contribution in [0.3, 0.4) is 0 Å². The van der Waals surface area contributed by atoms with Gasteiger partial charge in [-0.3, -0.25) is 4.79 Å². The first-order valence-corrected chi connectivity index (χ1v) is 6.60. The monoisotopic (exact) mass is 252 g/mol. The lowest BCUT2D eigenvalue weighted by Gasteiger charge is -2.05. The summed E-state index contributed by atoms with van der Waals surface area (Å²) in [7, 11) is 0. The lowest BCUT2D eigenvalue weighted by Crippen LogP contribution is -1.96. The van der Waals surface area contributed by atoms with Gasteiger partial charge in [-0.25, -0.2) is 0 Å². The van der Waals surface area contributed by atoms with Crippen LogP contribution in [-0.4, -0.2) is 18.2 Å². The Morgan fingerprint density at radius 3 is 2.22 bits per heavy atom. The van der Waals surface area contributed by atoms with E-state index in [9.17, 15) is 0 Å². The molecule has 0 aromatic heterocycles. The Morgan fingerprint density at radius 1 is 1.06 bits per heavy atom. The van der Waals surface area contributed by atoms with Crippen LogP contribution in [0.5, 0.6) is 5.75 Å². The second kappa shape index (κ2) is 13.6. The van der Waals surface area contributed by atoms with Crippen LogP contribution >= 0.6 is 0 Å². The van der Waals surface area contributed by atoms with Gasteiger partial charge in [0, 0.05) is 0 Å². The summed E-state index contributed by atoms with van der Waals surface area (Å²) in [4.78, 5) is 8.36. The van der Waals surface area contributed by atoms with E-state index in [0.717, 1.165) is 12.4 Å². The molecule has 0 atom stereocenters. The summed E-state index contributed by atoms with van der Waals surface area (Å²) in [5.74, 6) is 0.992. The van der Waals surface area contributed by atoms with E-state index >= 15 is 0 Å². The number of rotatable bonds is 8. The minimum Gasteiger partial charge on any atom is -0.494 e. The number of hydrogen-bond acceptors (Lipinski definition) is 2. The molecule has 0 fully saturated rings. The number of unbranched alkanes of at least 4 members (excludes halogenated alkanes) is 5. The highest BCUT2D eigenvalue weighted by molar-refractivity contribution is 5.32. The molecule has 0 aliphatic carbocycles. The summed E-state index contributed by atoms with van der Waals surface area (Å²) in [6, 6.07) is 10.1. The van der Waals surface area contributed by atoms with E-state index in [-0.39, 0.29) is 6.47 Å². The first kappa shape index (κ1) is 16.5. The molecule has 3 heteroatoms. The van der Waals surface area contributed by atoms with Gasteiger partial charge < -0.3 is 9.84 Å². The summed E-state index contributed by atoms with van der Waals surface area (Å²) in [6.07, 6.45) is 7.90. The first-order valence-electron chi connectivity index (χ1n) is 6.60. The van der Waals surface area contributed by atoms with E-state index in [2.05, 4.69) is 6.92 Å². The van der Waals surface area contributed by atoms with Crippen molar-refractivity contribution >= 4 is 6.47 Å². The molecule has 18 heavy (non-hydrogen) atoms. The lowest BCUT2D eigenvalue weighted by atomic mass is 10.1.